The first kappa shape index (κ1) is 18.2. The Kier molecular flexibility index (Phi) is 8.68. The number of hydrogen-bond acceptors (Lipinski definition) is 2. The van der Waals surface area contributed by atoms with Crippen molar-refractivity contribution in [2.75, 3.05) is 33.2 Å². The van der Waals surface area contributed by atoms with Crippen LogP contribution in [0.4, 0.5) is 0 Å². The standard InChI is InChI=1S/C16H26N4.HI/c1-3-18-16(17-2)19-13-15(20-11-7-8-12-20)14-9-5-4-6-10-14;/h4-6,9-10,15H,3,7-8,11-13H2,1-2H3,(H2,17,18,19);1H. The molecule has 1 atom stereocenters. The summed E-state index contributed by atoms with van der Waals surface area (Å²) in [6.45, 7) is 6.26. The van der Waals surface area contributed by atoms with Crippen LogP contribution in [0.5, 0.6) is 0 Å². The predicted molar refractivity (Wildman–Crippen MR) is 100 cm³/mol. The molecule has 1 heterocycles. The molecular weight excluding hydrogens is 375 g/mol. The molecule has 0 amide bonds. The molecule has 21 heavy (non-hydrogen) atoms. The van der Waals surface area contributed by atoms with Crippen molar-refractivity contribution in [3.63, 3.8) is 0 Å². The van der Waals surface area contributed by atoms with Gasteiger partial charge < -0.3 is 10.6 Å². The molecule has 118 valence electrons. The lowest BCUT2D eigenvalue weighted by molar-refractivity contribution is 0.245. The fraction of sp³-hybridized carbons (Fsp3) is 0.562. The van der Waals surface area contributed by atoms with E-state index < -0.39 is 0 Å². The van der Waals surface area contributed by atoms with Crippen LogP contribution in [0.25, 0.3) is 0 Å². The molecule has 1 aliphatic rings. The Labute approximate surface area is 145 Å². The molecule has 2 rings (SSSR count). The van der Waals surface area contributed by atoms with Crippen molar-refractivity contribution in [1.29, 1.82) is 0 Å². The van der Waals surface area contributed by atoms with E-state index in [2.05, 4.69) is 57.8 Å². The van der Waals surface area contributed by atoms with E-state index in [0.717, 1.165) is 19.0 Å². The van der Waals surface area contributed by atoms with Crippen molar-refractivity contribution < 1.29 is 0 Å². The first-order chi connectivity index (χ1) is 9.85. The average molecular weight is 402 g/mol. The van der Waals surface area contributed by atoms with Gasteiger partial charge in [0, 0.05) is 20.1 Å². The van der Waals surface area contributed by atoms with E-state index in [1.807, 2.05) is 7.05 Å². The van der Waals surface area contributed by atoms with Crippen LogP contribution in [0.15, 0.2) is 35.3 Å². The highest BCUT2D eigenvalue weighted by molar-refractivity contribution is 14.0. The second-order valence-corrected chi connectivity index (χ2v) is 5.15. The zero-order valence-electron chi connectivity index (χ0n) is 13.0. The van der Waals surface area contributed by atoms with Gasteiger partial charge in [0.1, 0.15) is 0 Å². The Balaban J connectivity index is 0.00000220. The van der Waals surface area contributed by atoms with E-state index in [1.54, 1.807) is 0 Å². The SMILES string of the molecule is CCNC(=NC)NCC(c1ccccc1)N1CCCC1.I. The molecule has 0 bridgehead atoms. The van der Waals surface area contributed by atoms with E-state index in [1.165, 1.54) is 31.5 Å². The molecular formula is C16H27IN4. The van der Waals surface area contributed by atoms with Crippen LogP contribution in [-0.2, 0) is 0 Å². The topological polar surface area (TPSA) is 39.7 Å². The molecule has 1 aromatic rings. The lowest BCUT2D eigenvalue weighted by Crippen LogP contribution is -2.42. The summed E-state index contributed by atoms with van der Waals surface area (Å²) in [7, 11) is 1.82. The maximum absolute atomic E-state index is 4.25. The van der Waals surface area contributed by atoms with Crippen LogP contribution >= 0.6 is 24.0 Å². The van der Waals surface area contributed by atoms with E-state index in [9.17, 15) is 0 Å². The monoisotopic (exact) mass is 402 g/mol. The Hall–Kier alpha value is -0.820. The van der Waals surface area contributed by atoms with Crippen molar-refractivity contribution in [3.05, 3.63) is 35.9 Å². The van der Waals surface area contributed by atoms with Gasteiger partial charge in [-0.1, -0.05) is 30.3 Å². The third-order valence-corrected chi connectivity index (χ3v) is 3.80. The molecule has 0 aromatic heterocycles. The van der Waals surface area contributed by atoms with Crippen LogP contribution in [-0.4, -0.2) is 44.1 Å². The Morgan fingerprint density at radius 2 is 1.86 bits per heavy atom. The second-order valence-electron chi connectivity index (χ2n) is 5.15. The second kappa shape index (κ2) is 10.00. The fourth-order valence-electron chi connectivity index (χ4n) is 2.77. The van der Waals surface area contributed by atoms with Gasteiger partial charge in [-0.05, 0) is 38.4 Å². The van der Waals surface area contributed by atoms with Gasteiger partial charge in [-0.3, -0.25) is 9.89 Å². The van der Waals surface area contributed by atoms with Gasteiger partial charge in [0.15, 0.2) is 5.96 Å². The maximum atomic E-state index is 4.25. The van der Waals surface area contributed by atoms with Crippen molar-refractivity contribution in [3.8, 4) is 0 Å². The predicted octanol–water partition coefficient (Wildman–Crippen LogP) is 2.63. The number of nitrogens with one attached hydrogen (secondary N) is 2. The summed E-state index contributed by atoms with van der Waals surface area (Å²) in [4.78, 5) is 6.82. The van der Waals surface area contributed by atoms with Gasteiger partial charge in [0.2, 0.25) is 0 Å². The van der Waals surface area contributed by atoms with Crippen molar-refractivity contribution in [1.82, 2.24) is 15.5 Å². The molecule has 1 fully saturated rings. The maximum Gasteiger partial charge on any atom is 0.191 e. The first-order valence-corrected chi connectivity index (χ1v) is 7.58. The number of benzene rings is 1. The zero-order valence-corrected chi connectivity index (χ0v) is 15.3. The zero-order chi connectivity index (χ0) is 14.2. The van der Waals surface area contributed by atoms with Gasteiger partial charge in [-0.15, -0.1) is 24.0 Å². The summed E-state index contributed by atoms with van der Waals surface area (Å²) in [5.41, 5.74) is 1.38. The summed E-state index contributed by atoms with van der Waals surface area (Å²) < 4.78 is 0. The van der Waals surface area contributed by atoms with Crippen LogP contribution in [0.2, 0.25) is 0 Å². The lowest BCUT2D eigenvalue weighted by atomic mass is 10.1. The minimum absolute atomic E-state index is 0. The van der Waals surface area contributed by atoms with E-state index in [-0.39, 0.29) is 24.0 Å². The third kappa shape index (κ3) is 5.47. The molecule has 0 spiro atoms. The molecule has 1 unspecified atom stereocenters. The molecule has 4 nitrogen and oxygen atoms in total. The summed E-state index contributed by atoms with van der Waals surface area (Å²) in [6.07, 6.45) is 2.62. The van der Waals surface area contributed by atoms with E-state index in [4.69, 9.17) is 0 Å². The molecule has 0 saturated carbocycles. The molecule has 1 aliphatic heterocycles. The highest BCUT2D eigenvalue weighted by Crippen LogP contribution is 2.24. The molecule has 2 N–H and O–H groups in total. The average Bonchev–Trinajstić information content (AvgIpc) is 3.01. The minimum atomic E-state index is 0. The van der Waals surface area contributed by atoms with Crippen LogP contribution in [0.1, 0.15) is 31.4 Å². The summed E-state index contributed by atoms with van der Waals surface area (Å²) in [5.74, 6) is 0.882. The fourth-order valence-corrected chi connectivity index (χ4v) is 2.77. The van der Waals surface area contributed by atoms with Crippen molar-refractivity contribution >= 4 is 29.9 Å². The summed E-state index contributed by atoms with van der Waals surface area (Å²) >= 11 is 0. The Bertz CT molecular complexity index is 416. The number of guanidine groups is 1. The lowest BCUT2D eigenvalue weighted by Gasteiger charge is -2.28. The largest absolute Gasteiger partial charge is 0.357 e. The Morgan fingerprint density at radius 1 is 1.19 bits per heavy atom. The number of halogens is 1. The molecule has 0 aliphatic carbocycles. The molecule has 1 aromatic carbocycles. The van der Waals surface area contributed by atoms with E-state index >= 15 is 0 Å². The number of aliphatic imine (C=N–C) groups is 1. The molecule has 0 radical (unpaired) electrons. The third-order valence-electron chi connectivity index (χ3n) is 3.80. The highest BCUT2D eigenvalue weighted by Gasteiger charge is 2.23. The quantitative estimate of drug-likeness (QED) is 0.452. The van der Waals surface area contributed by atoms with Crippen LogP contribution < -0.4 is 10.6 Å². The number of likely N-dealkylation sites (tertiary alicyclic amines) is 1. The van der Waals surface area contributed by atoms with Gasteiger partial charge >= 0.3 is 0 Å². The van der Waals surface area contributed by atoms with Gasteiger partial charge in [0.05, 0.1) is 6.04 Å². The van der Waals surface area contributed by atoms with E-state index in [0.29, 0.717) is 6.04 Å². The molecule has 1 saturated heterocycles. The van der Waals surface area contributed by atoms with Gasteiger partial charge in [0.25, 0.3) is 0 Å². The minimum Gasteiger partial charge on any atom is -0.357 e. The van der Waals surface area contributed by atoms with Crippen molar-refractivity contribution in [2.24, 2.45) is 4.99 Å². The van der Waals surface area contributed by atoms with Crippen LogP contribution in [0.3, 0.4) is 0 Å². The first-order valence-electron chi connectivity index (χ1n) is 7.58. The van der Waals surface area contributed by atoms with Gasteiger partial charge in [-0.25, -0.2) is 0 Å². The number of nitrogens with zero attached hydrogens (tertiary/aromatic N) is 2. The summed E-state index contributed by atoms with van der Waals surface area (Å²) in [6, 6.07) is 11.2. The number of hydrogen-bond donors (Lipinski definition) is 2. The smallest absolute Gasteiger partial charge is 0.191 e. The van der Waals surface area contributed by atoms with Crippen LogP contribution in [0, 0.1) is 0 Å². The molecule has 5 heteroatoms. The summed E-state index contributed by atoms with van der Waals surface area (Å²) in [5, 5.41) is 6.69. The van der Waals surface area contributed by atoms with Gasteiger partial charge in [-0.2, -0.15) is 0 Å². The normalized spacial score (nSPS) is 17.1. The highest BCUT2D eigenvalue weighted by atomic mass is 127. The Morgan fingerprint density at radius 3 is 2.43 bits per heavy atom. The van der Waals surface area contributed by atoms with Crippen molar-refractivity contribution in [2.45, 2.75) is 25.8 Å². The number of rotatable bonds is 5.